The first-order chi connectivity index (χ1) is 9.18. The van der Waals surface area contributed by atoms with Crippen molar-refractivity contribution >= 4 is 5.69 Å². The van der Waals surface area contributed by atoms with E-state index >= 15 is 0 Å². The van der Waals surface area contributed by atoms with Gasteiger partial charge in [-0.1, -0.05) is 62.4 Å². The van der Waals surface area contributed by atoms with E-state index in [9.17, 15) is 0 Å². The molecule has 100 valence electrons. The van der Waals surface area contributed by atoms with Crippen molar-refractivity contribution in [2.75, 3.05) is 5.73 Å². The molecular formula is C17H22N2. The Morgan fingerprint density at radius 2 is 1.58 bits per heavy atom. The SMILES string of the molecule is CC(C)C(NCc1ccccc1)c1ccccc1N. The monoisotopic (exact) mass is 254 g/mol. The molecule has 0 amide bonds. The zero-order valence-corrected chi connectivity index (χ0v) is 11.6. The molecule has 0 bridgehead atoms. The molecule has 2 aromatic rings. The molecule has 0 aliphatic rings. The highest BCUT2D eigenvalue weighted by atomic mass is 14.9. The molecule has 0 aliphatic carbocycles. The molecule has 0 aliphatic heterocycles. The summed E-state index contributed by atoms with van der Waals surface area (Å²) in [6.45, 7) is 5.29. The second-order valence-corrected chi connectivity index (χ2v) is 5.22. The maximum atomic E-state index is 6.09. The predicted molar refractivity (Wildman–Crippen MR) is 81.7 cm³/mol. The fourth-order valence-corrected chi connectivity index (χ4v) is 2.32. The highest BCUT2D eigenvalue weighted by Gasteiger charge is 2.17. The van der Waals surface area contributed by atoms with Gasteiger partial charge in [-0.3, -0.25) is 0 Å². The highest BCUT2D eigenvalue weighted by molar-refractivity contribution is 5.48. The smallest absolute Gasteiger partial charge is 0.0366 e. The van der Waals surface area contributed by atoms with Gasteiger partial charge in [0.2, 0.25) is 0 Å². The first-order valence-electron chi connectivity index (χ1n) is 6.80. The first kappa shape index (κ1) is 13.6. The topological polar surface area (TPSA) is 38.0 Å². The second-order valence-electron chi connectivity index (χ2n) is 5.22. The summed E-state index contributed by atoms with van der Waals surface area (Å²) >= 11 is 0. The summed E-state index contributed by atoms with van der Waals surface area (Å²) in [5.74, 6) is 0.494. The van der Waals surface area contributed by atoms with Crippen LogP contribution < -0.4 is 11.1 Å². The molecule has 2 rings (SSSR count). The van der Waals surface area contributed by atoms with Gasteiger partial charge in [-0.15, -0.1) is 0 Å². The molecule has 2 nitrogen and oxygen atoms in total. The lowest BCUT2D eigenvalue weighted by molar-refractivity contribution is 0.412. The van der Waals surface area contributed by atoms with E-state index in [-0.39, 0.29) is 6.04 Å². The van der Waals surface area contributed by atoms with Crippen molar-refractivity contribution in [3.05, 3.63) is 65.7 Å². The second kappa shape index (κ2) is 6.39. The number of nitrogens with one attached hydrogen (secondary N) is 1. The molecule has 0 saturated heterocycles. The normalized spacial score (nSPS) is 12.6. The van der Waals surface area contributed by atoms with Crippen molar-refractivity contribution in [1.29, 1.82) is 0 Å². The van der Waals surface area contributed by atoms with Crippen LogP contribution >= 0.6 is 0 Å². The predicted octanol–water partition coefficient (Wildman–Crippen LogP) is 3.76. The Bertz CT molecular complexity index is 506. The Kier molecular flexibility index (Phi) is 4.58. The van der Waals surface area contributed by atoms with Crippen LogP contribution in [0.1, 0.15) is 31.0 Å². The molecule has 2 aromatic carbocycles. The zero-order chi connectivity index (χ0) is 13.7. The van der Waals surface area contributed by atoms with Crippen LogP contribution in [0.5, 0.6) is 0 Å². The van der Waals surface area contributed by atoms with Crippen molar-refractivity contribution in [1.82, 2.24) is 5.32 Å². The van der Waals surface area contributed by atoms with Crippen LogP contribution in [-0.2, 0) is 6.54 Å². The molecule has 3 N–H and O–H groups in total. The van der Waals surface area contributed by atoms with E-state index in [1.807, 2.05) is 24.3 Å². The number of hydrogen-bond donors (Lipinski definition) is 2. The standard InChI is InChI=1S/C17H22N2/c1-13(2)17(15-10-6-7-11-16(15)18)19-12-14-8-4-3-5-9-14/h3-11,13,17,19H,12,18H2,1-2H3. The van der Waals surface area contributed by atoms with Crippen molar-refractivity contribution in [2.24, 2.45) is 5.92 Å². The quantitative estimate of drug-likeness (QED) is 0.797. The number of hydrogen-bond acceptors (Lipinski definition) is 2. The van der Waals surface area contributed by atoms with Gasteiger partial charge in [-0.05, 0) is 23.1 Å². The van der Waals surface area contributed by atoms with Gasteiger partial charge in [-0.25, -0.2) is 0 Å². The van der Waals surface area contributed by atoms with E-state index in [1.165, 1.54) is 11.1 Å². The van der Waals surface area contributed by atoms with Crippen LogP contribution in [0.4, 0.5) is 5.69 Å². The van der Waals surface area contributed by atoms with E-state index in [2.05, 4.69) is 49.5 Å². The lowest BCUT2D eigenvalue weighted by Crippen LogP contribution is -2.26. The third kappa shape index (κ3) is 3.58. The van der Waals surface area contributed by atoms with Gasteiger partial charge in [0.25, 0.3) is 0 Å². The lowest BCUT2D eigenvalue weighted by atomic mass is 9.94. The molecular weight excluding hydrogens is 232 g/mol. The molecule has 1 atom stereocenters. The maximum absolute atomic E-state index is 6.09. The minimum atomic E-state index is 0.279. The summed E-state index contributed by atoms with van der Waals surface area (Å²) in [5.41, 5.74) is 9.43. The van der Waals surface area contributed by atoms with Gasteiger partial charge in [0, 0.05) is 18.3 Å². The number of nitrogen functional groups attached to an aromatic ring is 1. The minimum Gasteiger partial charge on any atom is -0.398 e. The Balaban J connectivity index is 2.12. The summed E-state index contributed by atoms with van der Waals surface area (Å²) in [4.78, 5) is 0. The van der Waals surface area contributed by atoms with Gasteiger partial charge in [0.1, 0.15) is 0 Å². The van der Waals surface area contributed by atoms with Crippen molar-refractivity contribution in [2.45, 2.75) is 26.4 Å². The Morgan fingerprint density at radius 1 is 0.947 bits per heavy atom. The maximum Gasteiger partial charge on any atom is 0.0366 e. The molecule has 0 fully saturated rings. The number of nitrogens with two attached hydrogens (primary N) is 1. The highest BCUT2D eigenvalue weighted by Crippen LogP contribution is 2.26. The van der Waals surface area contributed by atoms with Gasteiger partial charge >= 0.3 is 0 Å². The van der Waals surface area contributed by atoms with Crippen LogP contribution in [-0.4, -0.2) is 0 Å². The van der Waals surface area contributed by atoms with E-state index in [0.717, 1.165) is 12.2 Å². The molecule has 0 spiro atoms. The van der Waals surface area contributed by atoms with Crippen LogP contribution in [0.3, 0.4) is 0 Å². The first-order valence-corrected chi connectivity index (χ1v) is 6.80. The molecule has 2 heteroatoms. The van der Waals surface area contributed by atoms with Gasteiger partial charge in [-0.2, -0.15) is 0 Å². The fourth-order valence-electron chi connectivity index (χ4n) is 2.32. The largest absolute Gasteiger partial charge is 0.398 e. The summed E-state index contributed by atoms with van der Waals surface area (Å²) in [7, 11) is 0. The van der Waals surface area contributed by atoms with E-state index in [1.54, 1.807) is 0 Å². The Labute approximate surface area is 115 Å². The third-order valence-electron chi connectivity index (χ3n) is 3.37. The van der Waals surface area contributed by atoms with Gasteiger partial charge in [0.05, 0.1) is 0 Å². The summed E-state index contributed by atoms with van der Waals surface area (Å²) < 4.78 is 0. The van der Waals surface area contributed by atoms with Crippen molar-refractivity contribution < 1.29 is 0 Å². The molecule has 1 unspecified atom stereocenters. The Hall–Kier alpha value is -1.80. The lowest BCUT2D eigenvalue weighted by Gasteiger charge is -2.24. The van der Waals surface area contributed by atoms with Crippen molar-refractivity contribution in [3.63, 3.8) is 0 Å². The van der Waals surface area contributed by atoms with E-state index in [0.29, 0.717) is 5.92 Å². The van der Waals surface area contributed by atoms with Crippen LogP contribution in [0.25, 0.3) is 0 Å². The average molecular weight is 254 g/mol. The van der Waals surface area contributed by atoms with Crippen LogP contribution in [0, 0.1) is 5.92 Å². The van der Waals surface area contributed by atoms with Gasteiger partial charge < -0.3 is 11.1 Å². The molecule has 19 heavy (non-hydrogen) atoms. The molecule has 0 radical (unpaired) electrons. The van der Waals surface area contributed by atoms with Crippen LogP contribution in [0.2, 0.25) is 0 Å². The fraction of sp³-hybridized carbons (Fsp3) is 0.294. The summed E-state index contributed by atoms with van der Waals surface area (Å²) in [6, 6.07) is 18.8. The van der Waals surface area contributed by atoms with Crippen LogP contribution in [0.15, 0.2) is 54.6 Å². The minimum absolute atomic E-state index is 0.279. The molecule has 0 heterocycles. The summed E-state index contributed by atoms with van der Waals surface area (Å²) in [5, 5.41) is 3.61. The van der Waals surface area contributed by atoms with E-state index in [4.69, 9.17) is 5.73 Å². The van der Waals surface area contributed by atoms with Crippen molar-refractivity contribution in [3.8, 4) is 0 Å². The van der Waals surface area contributed by atoms with E-state index < -0.39 is 0 Å². The zero-order valence-electron chi connectivity index (χ0n) is 11.6. The number of anilines is 1. The Morgan fingerprint density at radius 3 is 2.21 bits per heavy atom. The number of benzene rings is 2. The van der Waals surface area contributed by atoms with Gasteiger partial charge in [0.15, 0.2) is 0 Å². The average Bonchev–Trinajstić information content (AvgIpc) is 2.42. The molecule has 0 aromatic heterocycles. The number of rotatable bonds is 5. The number of para-hydroxylation sites is 1. The summed E-state index contributed by atoms with van der Waals surface area (Å²) in [6.07, 6.45) is 0. The molecule has 0 saturated carbocycles. The third-order valence-corrected chi connectivity index (χ3v) is 3.37.